The second-order valence-corrected chi connectivity index (χ2v) is 6.91. The van der Waals surface area contributed by atoms with E-state index < -0.39 is 0 Å². The predicted octanol–water partition coefficient (Wildman–Crippen LogP) is 2.89. The van der Waals surface area contributed by atoms with E-state index in [0.717, 1.165) is 30.7 Å². The number of carbonyl (C=O) groups is 1. The van der Waals surface area contributed by atoms with Crippen molar-refractivity contribution in [2.24, 2.45) is 5.92 Å². The number of urea groups is 1. The molecular formula is C20H23N5O. The normalized spacial score (nSPS) is 18.7. The van der Waals surface area contributed by atoms with Crippen molar-refractivity contribution in [2.75, 3.05) is 6.54 Å². The number of nitrogens with zero attached hydrogens (tertiary/aromatic N) is 3. The van der Waals surface area contributed by atoms with Gasteiger partial charge in [-0.15, -0.1) is 10.2 Å². The molecule has 1 aromatic carbocycles. The number of hydrogen-bond donors (Lipinski definition) is 2. The Bertz CT molecular complexity index is 919. The molecule has 0 saturated heterocycles. The van der Waals surface area contributed by atoms with Gasteiger partial charge in [-0.05, 0) is 42.0 Å². The summed E-state index contributed by atoms with van der Waals surface area (Å²) in [4.78, 5) is 12.3. The average Bonchev–Trinajstić information content (AvgIpc) is 3.20. The molecule has 2 atom stereocenters. The van der Waals surface area contributed by atoms with Crippen LogP contribution >= 0.6 is 0 Å². The fraction of sp³-hybridized carbons (Fsp3) is 0.350. The number of fused-ring (bicyclic) bond motifs is 2. The Morgan fingerprint density at radius 1 is 1.19 bits per heavy atom. The van der Waals surface area contributed by atoms with Gasteiger partial charge in [-0.25, -0.2) is 4.79 Å². The van der Waals surface area contributed by atoms with Crippen molar-refractivity contribution in [2.45, 2.75) is 32.2 Å². The molecule has 0 saturated carbocycles. The zero-order valence-corrected chi connectivity index (χ0v) is 14.9. The van der Waals surface area contributed by atoms with Gasteiger partial charge in [0.2, 0.25) is 0 Å². The highest BCUT2D eigenvalue weighted by Gasteiger charge is 2.29. The number of carbonyl (C=O) groups excluding carboxylic acids is 1. The molecule has 6 nitrogen and oxygen atoms in total. The summed E-state index contributed by atoms with van der Waals surface area (Å²) in [5, 5.41) is 14.4. The number of hydrogen-bond acceptors (Lipinski definition) is 3. The van der Waals surface area contributed by atoms with E-state index in [1.807, 2.05) is 34.9 Å². The van der Waals surface area contributed by atoms with Crippen molar-refractivity contribution in [1.29, 1.82) is 0 Å². The first kappa shape index (κ1) is 16.6. The van der Waals surface area contributed by atoms with Crippen LogP contribution in [0.3, 0.4) is 0 Å². The second kappa shape index (κ2) is 7.15. The number of aryl methyl sites for hydroxylation is 1. The lowest BCUT2D eigenvalue weighted by Gasteiger charge is -2.19. The minimum atomic E-state index is -0.107. The first-order valence-corrected chi connectivity index (χ1v) is 9.13. The highest BCUT2D eigenvalue weighted by Crippen LogP contribution is 2.35. The van der Waals surface area contributed by atoms with Gasteiger partial charge in [-0.2, -0.15) is 0 Å². The van der Waals surface area contributed by atoms with Crippen molar-refractivity contribution in [1.82, 2.24) is 25.2 Å². The third-order valence-corrected chi connectivity index (χ3v) is 5.03. The van der Waals surface area contributed by atoms with Crippen LogP contribution in [0.1, 0.15) is 36.3 Å². The number of amides is 2. The van der Waals surface area contributed by atoms with Gasteiger partial charge >= 0.3 is 6.03 Å². The summed E-state index contributed by atoms with van der Waals surface area (Å²) in [6.45, 7) is 2.79. The van der Waals surface area contributed by atoms with Crippen LogP contribution in [0.25, 0.3) is 5.65 Å². The van der Waals surface area contributed by atoms with Gasteiger partial charge in [-0.1, -0.05) is 37.3 Å². The maximum atomic E-state index is 12.3. The molecule has 2 heterocycles. The van der Waals surface area contributed by atoms with E-state index in [9.17, 15) is 4.79 Å². The minimum absolute atomic E-state index is 0.0895. The van der Waals surface area contributed by atoms with Crippen LogP contribution in [-0.2, 0) is 12.8 Å². The molecule has 2 N–H and O–H groups in total. The Balaban J connectivity index is 1.27. The van der Waals surface area contributed by atoms with Crippen molar-refractivity contribution in [3.8, 4) is 0 Å². The Morgan fingerprint density at radius 3 is 2.96 bits per heavy atom. The molecule has 0 bridgehead atoms. The van der Waals surface area contributed by atoms with E-state index >= 15 is 0 Å². The van der Waals surface area contributed by atoms with E-state index in [0.29, 0.717) is 12.5 Å². The molecule has 26 heavy (non-hydrogen) atoms. The van der Waals surface area contributed by atoms with Crippen molar-refractivity contribution in [3.63, 3.8) is 0 Å². The molecule has 2 unspecified atom stereocenters. The van der Waals surface area contributed by atoms with E-state index in [-0.39, 0.29) is 12.1 Å². The van der Waals surface area contributed by atoms with Gasteiger partial charge in [0.25, 0.3) is 0 Å². The van der Waals surface area contributed by atoms with Crippen molar-refractivity contribution in [3.05, 3.63) is 65.6 Å². The van der Waals surface area contributed by atoms with Crippen molar-refractivity contribution < 1.29 is 4.79 Å². The van der Waals surface area contributed by atoms with Crippen LogP contribution in [0.15, 0.2) is 48.7 Å². The molecule has 4 rings (SSSR count). The fourth-order valence-corrected chi connectivity index (χ4v) is 3.72. The van der Waals surface area contributed by atoms with E-state index in [1.165, 1.54) is 11.1 Å². The van der Waals surface area contributed by atoms with Crippen LogP contribution in [0, 0.1) is 5.92 Å². The molecule has 1 aliphatic rings. The van der Waals surface area contributed by atoms with Crippen molar-refractivity contribution >= 4 is 11.7 Å². The number of rotatable bonds is 5. The fourth-order valence-electron chi connectivity index (χ4n) is 3.72. The van der Waals surface area contributed by atoms with Gasteiger partial charge in [0.05, 0.1) is 6.04 Å². The third-order valence-electron chi connectivity index (χ3n) is 5.03. The molecular weight excluding hydrogens is 326 g/mol. The highest BCUT2D eigenvalue weighted by molar-refractivity contribution is 5.74. The van der Waals surface area contributed by atoms with Crippen LogP contribution < -0.4 is 10.6 Å². The quantitative estimate of drug-likeness (QED) is 0.696. The average molecular weight is 349 g/mol. The van der Waals surface area contributed by atoms with Gasteiger partial charge in [-0.3, -0.25) is 4.40 Å². The van der Waals surface area contributed by atoms with Gasteiger partial charge < -0.3 is 10.6 Å². The third kappa shape index (κ3) is 3.27. The largest absolute Gasteiger partial charge is 0.338 e. The summed E-state index contributed by atoms with van der Waals surface area (Å²) >= 11 is 0. The molecule has 2 aromatic heterocycles. The zero-order valence-electron chi connectivity index (χ0n) is 14.9. The topological polar surface area (TPSA) is 71.3 Å². The van der Waals surface area contributed by atoms with E-state index in [4.69, 9.17) is 0 Å². The molecule has 3 aromatic rings. The van der Waals surface area contributed by atoms with Crippen LogP contribution in [0.5, 0.6) is 0 Å². The van der Waals surface area contributed by atoms with E-state index in [1.54, 1.807) is 0 Å². The van der Waals surface area contributed by atoms with Gasteiger partial charge in [0.15, 0.2) is 5.65 Å². The zero-order chi connectivity index (χ0) is 17.9. The molecule has 0 spiro atoms. The Kier molecular flexibility index (Phi) is 4.56. The maximum Gasteiger partial charge on any atom is 0.315 e. The van der Waals surface area contributed by atoms with Gasteiger partial charge in [0.1, 0.15) is 5.82 Å². The summed E-state index contributed by atoms with van der Waals surface area (Å²) in [5.74, 6) is 1.33. The Labute approximate surface area is 152 Å². The smallest absolute Gasteiger partial charge is 0.315 e. The number of pyridine rings is 1. The van der Waals surface area contributed by atoms with Crippen LogP contribution in [0.4, 0.5) is 4.79 Å². The monoisotopic (exact) mass is 349 g/mol. The molecule has 6 heteroatoms. The predicted molar refractivity (Wildman–Crippen MR) is 99.9 cm³/mol. The summed E-state index contributed by atoms with van der Waals surface area (Å²) in [6.07, 6.45) is 4.57. The van der Waals surface area contributed by atoms with Crippen LogP contribution in [-0.4, -0.2) is 27.2 Å². The Morgan fingerprint density at radius 2 is 2.04 bits per heavy atom. The summed E-state index contributed by atoms with van der Waals surface area (Å²) in [7, 11) is 0. The SMILES string of the molecule is CC1Cc2ccccc2C1NC(=O)NCCCc1nnc2ccccn12. The standard InChI is InChI=1S/C20H23N5O/c1-14-13-15-7-2-3-8-16(15)19(14)22-20(26)21-11-6-10-18-24-23-17-9-4-5-12-25(17)18/h2-5,7-9,12,14,19H,6,10-11,13H2,1H3,(H2,21,22,26). The lowest BCUT2D eigenvalue weighted by atomic mass is 10.0. The summed E-state index contributed by atoms with van der Waals surface area (Å²) in [6, 6.07) is 14.2. The van der Waals surface area contributed by atoms with Gasteiger partial charge in [0, 0.05) is 19.2 Å². The highest BCUT2D eigenvalue weighted by atomic mass is 16.2. The first-order valence-electron chi connectivity index (χ1n) is 9.13. The molecule has 134 valence electrons. The van der Waals surface area contributed by atoms with Crippen LogP contribution in [0.2, 0.25) is 0 Å². The Hall–Kier alpha value is -2.89. The molecule has 1 aliphatic carbocycles. The minimum Gasteiger partial charge on any atom is -0.338 e. The molecule has 2 amide bonds. The number of nitrogens with one attached hydrogen (secondary N) is 2. The lowest BCUT2D eigenvalue weighted by molar-refractivity contribution is 0.233. The second-order valence-electron chi connectivity index (χ2n) is 6.91. The lowest BCUT2D eigenvalue weighted by Crippen LogP contribution is -2.39. The van der Waals surface area contributed by atoms with E-state index in [2.05, 4.69) is 46.0 Å². The number of benzene rings is 1. The maximum absolute atomic E-state index is 12.3. The molecule has 0 fully saturated rings. The summed E-state index contributed by atoms with van der Waals surface area (Å²) < 4.78 is 1.98. The first-order chi connectivity index (χ1) is 12.7. The molecule has 0 radical (unpaired) electrons. The summed E-state index contributed by atoms with van der Waals surface area (Å²) in [5.41, 5.74) is 3.43. The number of aromatic nitrogens is 3. The molecule has 0 aliphatic heterocycles.